The van der Waals surface area contributed by atoms with Crippen molar-refractivity contribution in [3.05, 3.63) is 0 Å². The van der Waals surface area contributed by atoms with Gasteiger partial charge in [0.2, 0.25) is 15.9 Å². The minimum Gasteiger partial charge on any atom is -0.481 e. The molecule has 0 aliphatic carbocycles. The number of amides is 1. The summed E-state index contributed by atoms with van der Waals surface area (Å²) in [5, 5.41) is 8.91. The molecular weight excluding hydrogens is 284 g/mol. The molecule has 7 nitrogen and oxygen atoms in total. The first kappa shape index (κ1) is 16.9. The third-order valence-corrected chi connectivity index (χ3v) is 4.81. The smallest absolute Gasteiger partial charge is 0.308 e. The first-order valence-corrected chi connectivity index (χ1v) is 8.51. The van der Waals surface area contributed by atoms with Crippen molar-refractivity contribution < 1.29 is 23.1 Å². The molecule has 1 rings (SSSR count). The number of sulfonamides is 1. The largest absolute Gasteiger partial charge is 0.481 e. The van der Waals surface area contributed by atoms with Crippen LogP contribution in [0.25, 0.3) is 0 Å². The highest BCUT2D eigenvalue weighted by atomic mass is 32.2. The molecule has 0 saturated carbocycles. The molecule has 2 unspecified atom stereocenters. The summed E-state index contributed by atoms with van der Waals surface area (Å²) in [5.74, 6) is -1.95. The van der Waals surface area contributed by atoms with Crippen molar-refractivity contribution in [1.82, 2.24) is 9.21 Å². The van der Waals surface area contributed by atoms with Crippen molar-refractivity contribution in [2.45, 2.75) is 32.7 Å². The molecule has 1 aliphatic heterocycles. The summed E-state index contributed by atoms with van der Waals surface area (Å²) in [6.07, 6.45) is 2.23. The predicted molar refractivity (Wildman–Crippen MR) is 73.6 cm³/mol. The molecule has 0 bridgehead atoms. The van der Waals surface area contributed by atoms with Gasteiger partial charge in [-0.25, -0.2) is 8.42 Å². The van der Waals surface area contributed by atoms with Gasteiger partial charge < -0.3 is 10.0 Å². The van der Waals surface area contributed by atoms with Gasteiger partial charge >= 0.3 is 5.97 Å². The van der Waals surface area contributed by atoms with Crippen LogP contribution in [-0.2, 0) is 19.6 Å². The molecule has 0 aromatic rings. The Morgan fingerprint density at radius 1 is 1.45 bits per heavy atom. The summed E-state index contributed by atoms with van der Waals surface area (Å²) < 4.78 is 24.5. The van der Waals surface area contributed by atoms with E-state index >= 15 is 0 Å². The van der Waals surface area contributed by atoms with E-state index in [0.29, 0.717) is 25.9 Å². The lowest BCUT2D eigenvalue weighted by molar-refractivity contribution is -0.143. The zero-order valence-corrected chi connectivity index (χ0v) is 12.9. The highest BCUT2D eigenvalue weighted by molar-refractivity contribution is 7.88. The standard InChI is InChI=1S/C12H22N2O5S/c1-4-13(8-9(2)12(16)17)11(15)10-6-5-7-14(10)20(3,18)19/h9-10H,4-8H2,1-3H3,(H,16,17). The van der Waals surface area contributed by atoms with E-state index in [-0.39, 0.29) is 12.5 Å². The first-order chi connectivity index (χ1) is 9.18. The van der Waals surface area contributed by atoms with Crippen LogP contribution in [0, 0.1) is 5.92 Å². The molecule has 0 radical (unpaired) electrons. The maximum Gasteiger partial charge on any atom is 0.308 e. The SMILES string of the molecule is CCN(CC(C)C(=O)O)C(=O)C1CCCN1S(C)(=O)=O. The molecule has 2 atom stereocenters. The van der Waals surface area contributed by atoms with E-state index in [1.54, 1.807) is 6.92 Å². The van der Waals surface area contributed by atoms with E-state index in [9.17, 15) is 18.0 Å². The Hall–Kier alpha value is -1.15. The van der Waals surface area contributed by atoms with E-state index in [2.05, 4.69) is 0 Å². The number of likely N-dealkylation sites (N-methyl/N-ethyl adjacent to an activating group) is 1. The Bertz CT molecular complexity index is 476. The Kier molecular flexibility index (Phi) is 5.52. The van der Waals surface area contributed by atoms with Crippen molar-refractivity contribution >= 4 is 21.9 Å². The topological polar surface area (TPSA) is 95.0 Å². The number of hydrogen-bond donors (Lipinski definition) is 1. The number of nitrogens with zero attached hydrogens (tertiary/aromatic N) is 2. The van der Waals surface area contributed by atoms with Crippen LogP contribution < -0.4 is 0 Å². The third kappa shape index (κ3) is 3.92. The van der Waals surface area contributed by atoms with Crippen LogP contribution in [0.15, 0.2) is 0 Å². The molecule has 1 amide bonds. The normalized spacial score (nSPS) is 21.6. The summed E-state index contributed by atoms with van der Waals surface area (Å²) in [6.45, 7) is 4.10. The lowest BCUT2D eigenvalue weighted by Gasteiger charge is -2.29. The third-order valence-electron chi connectivity index (χ3n) is 3.52. The van der Waals surface area contributed by atoms with Gasteiger partial charge in [0.1, 0.15) is 6.04 Å². The predicted octanol–water partition coefficient (Wildman–Crippen LogP) is -0.0204. The molecule has 1 aliphatic rings. The Balaban J connectivity index is 2.83. The number of carboxylic acid groups (broad SMARTS) is 1. The van der Waals surface area contributed by atoms with Crippen LogP contribution in [0.3, 0.4) is 0 Å². The summed E-state index contributed by atoms with van der Waals surface area (Å²) >= 11 is 0. The minimum absolute atomic E-state index is 0.0960. The molecule has 20 heavy (non-hydrogen) atoms. The molecule has 1 heterocycles. The maximum atomic E-state index is 12.4. The van der Waals surface area contributed by atoms with E-state index < -0.39 is 28.0 Å². The fourth-order valence-corrected chi connectivity index (χ4v) is 3.50. The number of carbonyl (C=O) groups is 2. The fourth-order valence-electron chi connectivity index (χ4n) is 2.38. The van der Waals surface area contributed by atoms with Crippen LogP contribution in [0.4, 0.5) is 0 Å². The van der Waals surface area contributed by atoms with Crippen LogP contribution in [0.5, 0.6) is 0 Å². The summed E-state index contributed by atoms with van der Waals surface area (Å²) in [6, 6.07) is -0.689. The Labute approximate surface area is 119 Å². The fraction of sp³-hybridized carbons (Fsp3) is 0.833. The zero-order valence-electron chi connectivity index (χ0n) is 12.1. The second kappa shape index (κ2) is 6.53. The molecule has 0 spiro atoms. The quantitative estimate of drug-likeness (QED) is 0.744. The van der Waals surface area contributed by atoms with Crippen molar-refractivity contribution in [3.63, 3.8) is 0 Å². The maximum absolute atomic E-state index is 12.4. The molecule has 1 fully saturated rings. The molecule has 1 saturated heterocycles. The molecule has 0 aromatic heterocycles. The molecule has 0 aromatic carbocycles. The van der Waals surface area contributed by atoms with Gasteiger partial charge in [0.05, 0.1) is 12.2 Å². The van der Waals surface area contributed by atoms with Crippen molar-refractivity contribution in [1.29, 1.82) is 0 Å². The number of carboxylic acids is 1. The highest BCUT2D eigenvalue weighted by Gasteiger charge is 2.38. The lowest BCUT2D eigenvalue weighted by Crippen LogP contribution is -2.49. The molecule has 8 heteroatoms. The van der Waals surface area contributed by atoms with Crippen LogP contribution in [0.1, 0.15) is 26.7 Å². The van der Waals surface area contributed by atoms with Gasteiger partial charge in [0.15, 0.2) is 0 Å². The van der Waals surface area contributed by atoms with Gasteiger partial charge in [-0.2, -0.15) is 4.31 Å². The number of carbonyl (C=O) groups excluding carboxylic acids is 1. The Morgan fingerprint density at radius 3 is 2.50 bits per heavy atom. The van der Waals surface area contributed by atoms with Crippen LogP contribution >= 0.6 is 0 Å². The van der Waals surface area contributed by atoms with Gasteiger partial charge in [-0.15, -0.1) is 0 Å². The van der Waals surface area contributed by atoms with E-state index in [1.165, 1.54) is 16.1 Å². The monoisotopic (exact) mass is 306 g/mol. The minimum atomic E-state index is -3.41. The zero-order chi connectivity index (χ0) is 15.5. The van der Waals surface area contributed by atoms with E-state index in [4.69, 9.17) is 5.11 Å². The molecular formula is C12H22N2O5S. The van der Waals surface area contributed by atoms with Crippen LogP contribution in [0.2, 0.25) is 0 Å². The van der Waals surface area contributed by atoms with Gasteiger partial charge in [-0.1, -0.05) is 6.92 Å². The summed E-state index contributed by atoms with van der Waals surface area (Å²) in [7, 11) is -3.41. The Morgan fingerprint density at radius 2 is 2.05 bits per heavy atom. The van der Waals surface area contributed by atoms with E-state index in [1.807, 2.05) is 0 Å². The number of hydrogen-bond acceptors (Lipinski definition) is 4. The second-order valence-electron chi connectivity index (χ2n) is 5.15. The number of rotatable bonds is 6. The second-order valence-corrected chi connectivity index (χ2v) is 7.08. The average Bonchev–Trinajstić information content (AvgIpc) is 2.83. The lowest BCUT2D eigenvalue weighted by atomic mass is 10.1. The van der Waals surface area contributed by atoms with Crippen molar-refractivity contribution in [2.24, 2.45) is 5.92 Å². The number of aliphatic carboxylic acids is 1. The van der Waals surface area contributed by atoms with E-state index in [0.717, 1.165) is 6.26 Å². The molecule has 1 N–H and O–H groups in total. The van der Waals surface area contributed by atoms with Gasteiger partial charge in [-0.3, -0.25) is 9.59 Å². The van der Waals surface area contributed by atoms with Crippen molar-refractivity contribution in [3.8, 4) is 0 Å². The summed E-state index contributed by atoms with van der Waals surface area (Å²) in [4.78, 5) is 24.7. The first-order valence-electron chi connectivity index (χ1n) is 6.66. The highest BCUT2D eigenvalue weighted by Crippen LogP contribution is 2.22. The van der Waals surface area contributed by atoms with Crippen LogP contribution in [-0.4, -0.2) is 66.5 Å². The van der Waals surface area contributed by atoms with Crippen molar-refractivity contribution in [2.75, 3.05) is 25.9 Å². The average molecular weight is 306 g/mol. The molecule has 116 valence electrons. The van der Waals surface area contributed by atoms with Gasteiger partial charge in [-0.05, 0) is 19.8 Å². The van der Waals surface area contributed by atoms with Gasteiger partial charge in [0.25, 0.3) is 0 Å². The summed E-state index contributed by atoms with van der Waals surface area (Å²) in [5.41, 5.74) is 0. The van der Waals surface area contributed by atoms with Gasteiger partial charge in [0, 0.05) is 19.6 Å².